The molecule has 0 nitrogen and oxygen atoms in total. The zero-order valence-corrected chi connectivity index (χ0v) is 27.0. The Labute approximate surface area is 238 Å². The van der Waals surface area contributed by atoms with Gasteiger partial charge < -0.3 is 0 Å². The van der Waals surface area contributed by atoms with Gasteiger partial charge in [-0.1, -0.05) is 0 Å². The number of hydrogen-bond donors (Lipinski definition) is 0. The van der Waals surface area contributed by atoms with Crippen LogP contribution in [-0.4, -0.2) is 25.6 Å². The molecule has 6 aromatic rings. The van der Waals surface area contributed by atoms with Crippen LogP contribution in [0.25, 0.3) is 0 Å². The van der Waals surface area contributed by atoms with Crippen LogP contribution in [0.5, 0.6) is 0 Å². The van der Waals surface area contributed by atoms with Gasteiger partial charge in [0.25, 0.3) is 0 Å². The van der Waals surface area contributed by atoms with Gasteiger partial charge in [0.05, 0.1) is 0 Å². The fraction of sp³-hybridized carbons (Fsp3) is 0. The second kappa shape index (κ2) is 11.9. The van der Waals surface area contributed by atoms with Crippen LogP contribution >= 0.6 is 5.80 Å². The van der Waals surface area contributed by atoms with E-state index in [0.717, 1.165) is 5.80 Å². The van der Waals surface area contributed by atoms with Crippen molar-refractivity contribution in [1.29, 1.82) is 0 Å². The van der Waals surface area contributed by atoms with Crippen molar-refractivity contribution in [3.8, 4) is 0 Å². The third-order valence-corrected chi connectivity index (χ3v) is 61.7. The number of hydrogen-bond acceptors (Lipinski definition) is 0. The summed E-state index contributed by atoms with van der Waals surface area (Å²) < 4.78 is 9.20. The number of benzene rings is 6. The molecule has 6 rings (SSSR count). The van der Waals surface area contributed by atoms with E-state index in [-0.39, 0.29) is 0 Å². The Hall–Kier alpha value is -3.16. The van der Waals surface area contributed by atoms with Gasteiger partial charge in [0.2, 0.25) is 0 Å². The van der Waals surface area contributed by atoms with Crippen LogP contribution in [0.15, 0.2) is 182 Å². The first-order chi connectivity index (χ1) is 19.3. The van der Waals surface area contributed by atoms with E-state index in [0.29, 0.717) is 0 Å². The number of rotatable bonds is 8. The van der Waals surface area contributed by atoms with Gasteiger partial charge in [0.15, 0.2) is 0 Å². The standard InChI is InChI=1S/C36H31Ge2P/c1-7-19-31(20-8-1)37(32-21-9-2-10-22-32,33-23-11-3-12-24-33)39-38(34-25-13-4-14-26-34,35-27-15-5-16-28-35)36-29-17-6-18-30-36/h1-30,39H. The average Bonchev–Trinajstić information content (AvgIpc) is 3.04. The van der Waals surface area contributed by atoms with Crippen molar-refractivity contribution < 1.29 is 0 Å². The third-order valence-electron chi connectivity index (χ3n) is 7.62. The minimum absolute atomic E-state index is 0.795. The molecule has 0 amide bonds. The summed E-state index contributed by atoms with van der Waals surface area (Å²) in [6.45, 7) is 0. The Kier molecular flexibility index (Phi) is 7.97. The first-order valence-corrected chi connectivity index (χ1v) is 27.1. The van der Waals surface area contributed by atoms with Crippen molar-refractivity contribution in [2.24, 2.45) is 0 Å². The zero-order chi connectivity index (χ0) is 26.4. The van der Waals surface area contributed by atoms with E-state index in [1.54, 1.807) is 0 Å². The molecule has 0 heterocycles. The van der Waals surface area contributed by atoms with Gasteiger partial charge >= 0.3 is 240 Å². The molecule has 39 heavy (non-hydrogen) atoms. The van der Waals surface area contributed by atoms with Gasteiger partial charge in [0, 0.05) is 0 Å². The third kappa shape index (κ3) is 4.98. The van der Waals surface area contributed by atoms with Crippen LogP contribution < -0.4 is 26.4 Å². The van der Waals surface area contributed by atoms with Crippen molar-refractivity contribution in [2.45, 2.75) is 0 Å². The molecule has 0 radical (unpaired) electrons. The topological polar surface area (TPSA) is 0 Å². The minimum atomic E-state index is -3.26. The van der Waals surface area contributed by atoms with E-state index >= 15 is 0 Å². The second-order valence-corrected chi connectivity index (χ2v) is 41.2. The summed E-state index contributed by atoms with van der Waals surface area (Å²) in [5.74, 6) is 0.795. The second-order valence-electron chi connectivity index (χ2n) is 9.82. The molecule has 0 aliphatic rings. The Balaban J connectivity index is 1.76. The summed E-state index contributed by atoms with van der Waals surface area (Å²) in [5.41, 5.74) is 0. The monoisotopic (exact) mass is 642 g/mol. The maximum absolute atomic E-state index is 3.26. The van der Waals surface area contributed by atoms with E-state index in [9.17, 15) is 0 Å². The molecule has 188 valence electrons. The Morgan fingerprint density at radius 2 is 0.385 bits per heavy atom. The summed E-state index contributed by atoms with van der Waals surface area (Å²) in [7, 11) is 0. The molecule has 0 aliphatic heterocycles. The quantitative estimate of drug-likeness (QED) is 0.163. The van der Waals surface area contributed by atoms with Gasteiger partial charge in [-0.3, -0.25) is 0 Å². The van der Waals surface area contributed by atoms with Crippen LogP contribution in [0, 0.1) is 0 Å². The van der Waals surface area contributed by atoms with Gasteiger partial charge in [0.1, 0.15) is 0 Å². The predicted molar refractivity (Wildman–Crippen MR) is 176 cm³/mol. The van der Waals surface area contributed by atoms with Gasteiger partial charge in [-0.25, -0.2) is 0 Å². The van der Waals surface area contributed by atoms with E-state index in [2.05, 4.69) is 182 Å². The molecule has 3 heteroatoms. The van der Waals surface area contributed by atoms with E-state index < -0.39 is 25.6 Å². The molecule has 0 N–H and O–H groups in total. The zero-order valence-electron chi connectivity index (χ0n) is 21.8. The Morgan fingerprint density at radius 1 is 0.231 bits per heavy atom. The molecular formula is C36H31Ge2P. The molecule has 0 saturated carbocycles. The van der Waals surface area contributed by atoms with Crippen LogP contribution in [0.4, 0.5) is 0 Å². The Bertz CT molecular complexity index is 1270. The van der Waals surface area contributed by atoms with Gasteiger partial charge in [-0.2, -0.15) is 0 Å². The summed E-state index contributed by atoms with van der Waals surface area (Å²) in [6.07, 6.45) is 0. The Morgan fingerprint density at radius 3 is 0.538 bits per heavy atom. The van der Waals surface area contributed by atoms with Crippen molar-refractivity contribution in [3.05, 3.63) is 182 Å². The first kappa shape index (κ1) is 26.1. The average molecular weight is 640 g/mol. The molecule has 0 unspecified atom stereocenters. The molecule has 0 aliphatic carbocycles. The van der Waals surface area contributed by atoms with Crippen molar-refractivity contribution in [2.75, 3.05) is 0 Å². The van der Waals surface area contributed by atoms with Crippen molar-refractivity contribution in [3.63, 3.8) is 0 Å². The predicted octanol–water partition coefficient (Wildman–Crippen LogP) is 5.00. The fourth-order valence-electron chi connectivity index (χ4n) is 5.84. The summed E-state index contributed by atoms with van der Waals surface area (Å²) in [4.78, 5) is 0. The normalized spacial score (nSPS) is 11.7. The summed E-state index contributed by atoms with van der Waals surface area (Å²) >= 11 is -6.52. The van der Waals surface area contributed by atoms with E-state index in [4.69, 9.17) is 0 Å². The van der Waals surface area contributed by atoms with Gasteiger partial charge in [-0.05, 0) is 0 Å². The summed E-state index contributed by atoms with van der Waals surface area (Å²) in [5, 5.41) is 0. The molecule has 0 bridgehead atoms. The molecule has 0 aromatic heterocycles. The van der Waals surface area contributed by atoms with E-state index in [1.165, 1.54) is 26.4 Å². The molecule has 0 atom stereocenters. The maximum atomic E-state index is 2.42. The van der Waals surface area contributed by atoms with Gasteiger partial charge in [-0.15, -0.1) is 0 Å². The molecular weight excluding hydrogens is 609 g/mol. The molecule has 6 aromatic carbocycles. The molecule has 0 saturated heterocycles. The molecule has 0 fully saturated rings. The van der Waals surface area contributed by atoms with Crippen molar-refractivity contribution >= 4 is 57.8 Å². The summed E-state index contributed by atoms with van der Waals surface area (Å²) in [6, 6.07) is 68.9. The first-order valence-electron chi connectivity index (χ1n) is 13.5. The van der Waals surface area contributed by atoms with E-state index in [1.807, 2.05) is 0 Å². The van der Waals surface area contributed by atoms with Crippen molar-refractivity contribution in [1.82, 2.24) is 0 Å². The van der Waals surface area contributed by atoms with Crippen LogP contribution in [0.2, 0.25) is 0 Å². The van der Waals surface area contributed by atoms with Crippen LogP contribution in [0.1, 0.15) is 0 Å². The van der Waals surface area contributed by atoms with Crippen LogP contribution in [0.3, 0.4) is 0 Å². The molecule has 0 spiro atoms. The fourth-order valence-corrected chi connectivity index (χ4v) is 81.1. The SMILES string of the molecule is c1cc[c]([Ge]([PH][Ge]([c]2ccccc2)([c]2ccccc2)[c]2ccccc2)([c]2ccccc2)[c]2ccccc2)cc1. The van der Waals surface area contributed by atoms with Crippen LogP contribution in [-0.2, 0) is 0 Å².